The fourth-order valence-electron chi connectivity index (χ4n) is 7.74. The lowest BCUT2D eigenvalue weighted by Gasteiger charge is -2.12. The van der Waals surface area contributed by atoms with Crippen molar-refractivity contribution >= 4 is 122 Å². The summed E-state index contributed by atoms with van der Waals surface area (Å²) in [5, 5.41) is 95.8. The second kappa shape index (κ2) is 21.6. The Morgan fingerprint density at radius 3 is 1.14 bits per heavy atom. The standard InChI is InChI=1S/C48H34N12O18S2/c1-77-37-15-21(3-11-35(37)53-57-43-39(79(71,72)73)19-27-25(45(43)61)7-9-31(49)41(27)55-51-33-13-5-23(59(67)68)17-29(33)47(63)64)22-4-12-36(38(16-22)78-2)54-58-44-40(80(74,75)76)20-28-26(46(44)62)8-10-32(50)42(28)56-52-34-14-6-24(60(69)70)18-30(34)48(65)66/h3-20,61-62H,49-50H2,1-2H3,(H,63,64)(H,65,66)(H,71,72,73)(H,74,75,76). The van der Waals surface area contributed by atoms with Gasteiger partial charge in [0.25, 0.3) is 31.6 Å². The predicted octanol–water partition coefficient (Wildman–Crippen LogP) is 11.6. The van der Waals surface area contributed by atoms with Crippen LogP contribution in [0.5, 0.6) is 23.0 Å². The number of nitrogens with zero attached hydrogens (tertiary/aromatic N) is 10. The monoisotopic (exact) mass is 1130 g/mol. The second-order valence-electron chi connectivity index (χ2n) is 16.4. The van der Waals surface area contributed by atoms with Crippen LogP contribution in [0.3, 0.4) is 0 Å². The van der Waals surface area contributed by atoms with Crippen molar-refractivity contribution < 1.29 is 75.3 Å². The number of aromatic hydroxyl groups is 2. The molecule has 10 N–H and O–H groups in total. The maximum atomic E-state index is 12.8. The molecule has 0 aliphatic carbocycles. The lowest BCUT2D eigenvalue weighted by molar-refractivity contribution is -0.385. The number of ether oxygens (including phenoxy) is 2. The minimum Gasteiger partial charge on any atom is -0.505 e. The molecule has 406 valence electrons. The number of hydrogen-bond donors (Lipinski definition) is 8. The van der Waals surface area contributed by atoms with E-state index in [-0.39, 0.29) is 78.5 Å². The molecule has 0 aromatic heterocycles. The van der Waals surface area contributed by atoms with Gasteiger partial charge in [0.2, 0.25) is 0 Å². The molecule has 8 rings (SSSR count). The molecular weight excluding hydrogens is 1100 g/mol. The zero-order valence-electron chi connectivity index (χ0n) is 40.4. The Hall–Kier alpha value is -11.0. The Balaban J connectivity index is 1.11. The first-order valence-corrected chi connectivity index (χ1v) is 24.9. The third-order valence-electron chi connectivity index (χ3n) is 11.6. The Morgan fingerprint density at radius 1 is 0.475 bits per heavy atom. The summed E-state index contributed by atoms with van der Waals surface area (Å²) in [4.78, 5) is 42.6. The van der Waals surface area contributed by atoms with E-state index >= 15 is 0 Å². The third-order valence-corrected chi connectivity index (χ3v) is 13.3. The molecule has 8 aromatic carbocycles. The van der Waals surface area contributed by atoms with Gasteiger partial charge in [0.1, 0.15) is 66.8 Å². The maximum absolute atomic E-state index is 12.8. The largest absolute Gasteiger partial charge is 0.505 e. The topological polar surface area (TPSA) is 479 Å². The number of fused-ring (bicyclic) bond motifs is 2. The first-order valence-electron chi connectivity index (χ1n) is 22.0. The van der Waals surface area contributed by atoms with Crippen LogP contribution >= 0.6 is 0 Å². The molecule has 0 aliphatic rings. The van der Waals surface area contributed by atoms with E-state index in [9.17, 15) is 76.2 Å². The third kappa shape index (κ3) is 11.0. The Labute approximate surface area is 446 Å². The molecule has 32 heteroatoms. The number of carboxylic acid groups (broad SMARTS) is 2. The highest BCUT2D eigenvalue weighted by molar-refractivity contribution is 7.86. The van der Waals surface area contributed by atoms with Gasteiger partial charge >= 0.3 is 11.9 Å². The number of nitro groups is 2. The average Bonchev–Trinajstić information content (AvgIpc) is 3.60. The van der Waals surface area contributed by atoms with Gasteiger partial charge in [-0.05, 0) is 83.9 Å². The van der Waals surface area contributed by atoms with Crippen molar-refractivity contribution in [1.29, 1.82) is 0 Å². The van der Waals surface area contributed by atoms with E-state index in [1.54, 1.807) is 0 Å². The zero-order chi connectivity index (χ0) is 58.1. The number of carbonyl (C=O) groups is 2. The number of aromatic carboxylic acids is 2. The first-order chi connectivity index (χ1) is 37.8. The van der Waals surface area contributed by atoms with Crippen molar-refractivity contribution in [3.05, 3.63) is 141 Å². The van der Waals surface area contributed by atoms with Gasteiger partial charge in [-0.25, -0.2) is 9.59 Å². The van der Waals surface area contributed by atoms with Crippen molar-refractivity contribution in [2.24, 2.45) is 40.9 Å². The van der Waals surface area contributed by atoms with Gasteiger partial charge in [0.15, 0.2) is 11.5 Å². The molecular formula is C48H34N12O18S2. The molecule has 0 amide bonds. The summed E-state index contributed by atoms with van der Waals surface area (Å²) in [6, 6.07) is 21.1. The molecule has 0 radical (unpaired) electrons. The molecule has 0 atom stereocenters. The highest BCUT2D eigenvalue weighted by Gasteiger charge is 2.27. The van der Waals surface area contributed by atoms with Crippen LogP contribution in [0.4, 0.5) is 68.2 Å². The number of methoxy groups -OCH3 is 2. The van der Waals surface area contributed by atoms with Crippen molar-refractivity contribution in [3.8, 4) is 34.1 Å². The first kappa shape index (κ1) is 55.3. The van der Waals surface area contributed by atoms with Crippen LogP contribution in [-0.2, 0) is 20.2 Å². The molecule has 0 saturated carbocycles. The number of anilines is 2. The number of carboxylic acids is 2. The lowest BCUT2D eigenvalue weighted by Crippen LogP contribution is -2.00. The summed E-state index contributed by atoms with van der Waals surface area (Å²) >= 11 is 0. The molecule has 80 heavy (non-hydrogen) atoms. The van der Waals surface area contributed by atoms with Crippen LogP contribution in [0.25, 0.3) is 32.7 Å². The fraction of sp³-hybridized carbons (Fsp3) is 0.0417. The summed E-state index contributed by atoms with van der Waals surface area (Å²) < 4.78 is 82.9. The van der Waals surface area contributed by atoms with Crippen LogP contribution in [0.1, 0.15) is 20.7 Å². The number of phenolic OH excluding ortho intramolecular Hbond substituents is 2. The number of nitrogens with two attached hydrogens (primary N) is 2. The highest BCUT2D eigenvalue weighted by Crippen LogP contribution is 2.49. The van der Waals surface area contributed by atoms with Gasteiger partial charge in [-0.15, -0.1) is 40.9 Å². The number of benzene rings is 8. The number of nitrogen functional groups attached to an aromatic ring is 2. The van der Waals surface area contributed by atoms with Crippen LogP contribution in [0, 0.1) is 20.2 Å². The molecule has 8 aromatic rings. The molecule has 30 nitrogen and oxygen atoms in total. The number of azo groups is 4. The van der Waals surface area contributed by atoms with Crippen LogP contribution in [-0.4, -0.2) is 82.4 Å². The zero-order valence-corrected chi connectivity index (χ0v) is 42.1. The normalized spacial score (nSPS) is 12.1. The SMILES string of the molecule is COc1cc(-c2ccc(N=Nc3c(S(=O)(=O)O)cc4c(N=Nc5ccc([N+](=O)[O-])cc5C(=O)O)c(N)ccc4c3O)c(OC)c2)ccc1N=Nc1c(S(=O)(=O)O)cc2c(N=Nc3ccc([N+](=O)[O-])cc3C(=O)O)c(N)ccc2c1O. The van der Waals surface area contributed by atoms with E-state index in [2.05, 4.69) is 40.9 Å². The van der Waals surface area contributed by atoms with Crippen LogP contribution in [0.2, 0.25) is 0 Å². The fourth-order valence-corrected chi connectivity index (χ4v) is 9.04. The number of nitro benzene ring substituents is 2. The van der Waals surface area contributed by atoms with Crippen molar-refractivity contribution in [2.45, 2.75) is 9.79 Å². The molecule has 0 saturated heterocycles. The molecule has 0 fully saturated rings. The number of hydrogen-bond acceptors (Lipinski definition) is 24. The Morgan fingerprint density at radius 2 is 0.812 bits per heavy atom. The van der Waals surface area contributed by atoms with E-state index in [0.717, 1.165) is 48.5 Å². The molecule has 0 heterocycles. The minimum atomic E-state index is -5.22. The smallest absolute Gasteiger partial charge is 0.338 e. The van der Waals surface area contributed by atoms with Crippen molar-refractivity contribution in [3.63, 3.8) is 0 Å². The van der Waals surface area contributed by atoms with Gasteiger partial charge in [0, 0.05) is 45.8 Å². The van der Waals surface area contributed by atoms with E-state index in [4.69, 9.17) is 20.9 Å². The van der Waals surface area contributed by atoms with Gasteiger partial charge < -0.3 is 41.4 Å². The number of rotatable bonds is 17. The Kier molecular flexibility index (Phi) is 14.9. The summed E-state index contributed by atoms with van der Waals surface area (Å²) in [6.45, 7) is 0. The van der Waals surface area contributed by atoms with E-state index in [1.165, 1.54) is 74.9 Å². The molecule has 0 unspecified atom stereocenters. The lowest BCUT2D eigenvalue weighted by atomic mass is 10.0. The van der Waals surface area contributed by atoms with E-state index < -0.39 is 97.2 Å². The highest BCUT2D eigenvalue weighted by atomic mass is 32.2. The van der Waals surface area contributed by atoms with E-state index in [0.29, 0.717) is 11.1 Å². The minimum absolute atomic E-state index is 0.0296. The molecule has 0 bridgehead atoms. The average molecular weight is 1130 g/mol. The summed E-state index contributed by atoms with van der Waals surface area (Å²) in [5.41, 5.74) is 7.72. The van der Waals surface area contributed by atoms with Crippen LogP contribution in [0.15, 0.2) is 160 Å². The van der Waals surface area contributed by atoms with Crippen molar-refractivity contribution in [1.82, 2.24) is 0 Å². The molecule has 0 aliphatic heterocycles. The quantitative estimate of drug-likeness (QED) is 0.0138. The van der Waals surface area contributed by atoms with E-state index in [1.807, 2.05) is 0 Å². The molecule has 0 spiro atoms. The predicted molar refractivity (Wildman–Crippen MR) is 281 cm³/mol. The van der Waals surface area contributed by atoms with Crippen LogP contribution < -0.4 is 20.9 Å². The van der Waals surface area contributed by atoms with Crippen molar-refractivity contribution in [2.75, 3.05) is 25.7 Å². The second-order valence-corrected chi connectivity index (χ2v) is 19.2. The number of phenols is 2. The van der Waals surface area contributed by atoms with Gasteiger partial charge in [-0.3, -0.25) is 29.3 Å². The van der Waals surface area contributed by atoms with Gasteiger partial charge in [0.05, 0.1) is 46.6 Å². The number of non-ortho nitro benzene ring substituents is 2. The summed E-state index contributed by atoms with van der Waals surface area (Å²) in [5.74, 6) is -4.75. The summed E-state index contributed by atoms with van der Waals surface area (Å²) in [7, 11) is -7.89. The van der Waals surface area contributed by atoms with Gasteiger partial charge in [-0.1, -0.05) is 12.1 Å². The summed E-state index contributed by atoms with van der Waals surface area (Å²) in [6.07, 6.45) is 0. The van der Waals surface area contributed by atoms with Gasteiger partial charge in [-0.2, -0.15) is 16.8 Å². The maximum Gasteiger partial charge on any atom is 0.338 e. The Bertz CT molecular complexity index is 4090.